The molecular weight excluding hydrogens is 466 g/mol. The number of carbonyl (C=O) groups excluding carboxylic acids is 1. The number of ether oxygens (including phenoxy) is 1. The van der Waals surface area contributed by atoms with E-state index in [1.54, 1.807) is 30.2 Å². The highest BCUT2D eigenvalue weighted by atomic mass is 35.5. The van der Waals surface area contributed by atoms with E-state index in [0.29, 0.717) is 59.3 Å². The molecule has 1 amide bonds. The van der Waals surface area contributed by atoms with Crippen molar-refractivity contribution in [1.29, 1.82) is 0 Å². The van der Waals surface area contributed by atoms with Gasteiger partial charge in [0.1, 0.15) is 18.0 Å². The maximum absolute atomic E-state index is 13.7. The van der Waals surface area contributed by atoms with Gasteiger partial charge in [0.15, 0.2) is 0 Å². The lowest BCUT2D eigenvalue weighted by atomic mass is 10.0. The minimum absolute atomic E-state index is 0.122. The first-order valence-corrected chi connectivity index (χ1v) is 11.7. The molecule has 0 spiro atoms. The number of carbonyl (C=O) groups is 1. The maximum Gasteiger partial charge on any atom is 0.260 e. The van der Waals surface area contributed by atoms with Gasteiger partial charge in [0.2, 0.25) is 5.91 Å². The number of fused-ring (bicyclic) bond motifs is 1. The molecule has 0 atom stereocenters. The van der Waals surface area contributed by atoms with Crippen LogP contribution in [0.25, 0.3) is 33.4 Å². The third-order valence-corrected chi connectivity index (χ3v) is 6.36. The lowest BCUT2D eigenvalue weighted by molar-refractivity contribution is -0.135. The number of nitrogens with zero attached hydrogens (tertiary/aromatic N) is 5. The topological polar surface area (TPSA) is 90.2 Å². The van der Waals surface area contributed by atoms with Crippen LogP contribution in [0.4, 0.5) is 0 Å². The van der Waals surface area contributed by atoms with E-state index in [-0.39, 0.29) is 18.0 Å². The Bertz CT molecular complexity index is 1490. The Hall–Kier alpha value is -3.62. The molecule has 9 heteroatoms. The average Bonchev–Trinajstić information content (AvgIpc) is 2.86. The fourth-order valence-corrected chi connectivity index (χ4v) is 4.51. The molecule has 1 aliphatic heterocycles. The molecular formula is C26H24ClN5O3. The molecule has 4 heterocycles. The third kappa shape index (κ3) is 4.67. The van der Waals surface area contributed by atoms with E-state index >= 15 is 0 Å². The molecule has 1 fully saturated rings. The van der Waals surface area contributed by atoms with Gasteiger partial charge >= 0.3 is 0 Å². The summed E-state index contributed by atoms with van der Waals surface area (Å²) in [6.45, 7) is 5.53. The third-order valence-electron chi connectivity index (χ3n) is 6.05. The highest BCUT2D eigenvalue weighted by Crippen LogP contribution is 2.31. The molecule has 8 nitrogen and oxygen atoms in total. The Labute approximate surface area is 207 Å². The van der Waals surface area contributed by atoms with Crippen molar-refractivity contribution in [2.75, 3.05) is 26.3 Å². The predicted octanol–water partition coefficient (Wildman–Crippen LogP) is 3.65. The molecule has 0 radical (unpaired) electrons. The van der Waals surface area contributed by atoms with E-state index in [0.717, 1.165) is 17.0 Å². The normalized spacial score (nSPS) is 13.9. The number of amides is 1. The minimum atomic E-state index is -0.333. The second-order valence-electron chi connectivity index (χ2n) is 8.50. The Morgan fingerprint density at radius 2 is 1.86 bits per heavy atom. The lowest BCUT2D eigenvalue weighted by Crippen LogP contribution is -2.43. The van der Waals surface area contributed by atoms with Crippen molar-refractivity contribution in [1.82, 2.24) is 24.4 Å². The van der Waals surface area contributed by atoms with Crippen LogP contribution in [0.15, 0.2) is 53.5 Å². The Morgan fingerprint density at radius 1 is 1.06 bits per heavy atom. The van der Waals surface area contributed by atoms with Crippen molar-refractivity contribution in [3.8, 4) is 22.4 Å². The molecule has 35 heavy (non-hydrogen) atoms. The van der Waals surface area contributed by atoms with Crippen LogP contribution in [0.3, 0.4) is 0 Å². The molecule has 0 unspecified atom stereocenters. The fourth-order valence-electron chi connectivity index (χ4n) is 4.23. The molecule has 0 saturated carbocycles. The summed E-state index contributed by atoms with van der Waals surface area (Å²) in [6, 6.07) is 13.0. The van der Waals surface area contributed by atoms with Gasteiger partial charge in [-0.25, -0.2) is 9.97 Å². The van der Waals surface area contributed by atoms with Crippen molar-refractivity contribution in [3.63, 3.8) is 0 Å². The van der Waals surface area contributed by atoms with Gasteiger partial charge in [-0.05, 0) is 38.1 Å². The summed E-state index contributed by atoms with van der Waals surface area (Å²) in [4.78, 5) is 41.7. The molecule has 0 bridgehead atoms. The van der Waals surface area contributed by atoms with Gasteiger partial charge in [0, 0.05) is 52.1 Å². The van der Waals surface area contributed by atoms with Gasteiger partial charge in [0.25, 0.3) is 5.56 Å². The monoisotopic (exact) mass is 489 g/mol. The summed E-state index contributed by atoms with van der Waals surface area (Å²) in [5, 5.41) is 1.07. The van der Waals surface area contributed by atoms with Crippen molar-refractivity contribution >= 4 is 28.5 Å². The van der Waals surface area contributed by atoms with Gasteiger partial charge in [0.05, 0.1) is 18.9 Å². The zero-order valence-corrected chi connectivity index (χ0v) is 20.2. The van der Waals surface area contributed by atoms with E-state index in [1.807, 2.05) is 37.3 Å². The van der Waals surface area contributed by atoms with E-state index in [4.69, 9.17) is 16.3 Å². The van der Waals surface area contributed by atoms with E-state index in [9.17, 15) is 9.59 Å². The first-order valence-electron chi connectivity index (χ1n) is 11.4. The number of rotatable bonds is 4. The van der Waals surface area contributed by atoms with Gasteiger partial charge < -0.3 is 9.64 Å². The SMILES string of the molecule is Cc1cccc(-c2ccc(-c3cc4cnc(C)nc4n(CC(=O)N4CCOCC4)c3=O)c(Cl)c2)n1. The molecule has 1 aliphatic rings. The standard InChI is InChI=1S/C26H24ClN5O3/c1-16-4-3-5-23(29-16)18-6-7-20(22(27)13-18)21-12-19-14-28-17(2)30-25(19)32(26(21)34)15-24(33)31-8-10-35-11-9-31/h3-7,12-14H,8-11,15H2,1-2H3. The number of benzene rings is 1. The summed E-state index contributed by atoms with van der Waals surface area (Å²) >= 11 is 6.69. The summed E-state index contributed by atoms with van der Waals surface area (Å²) < 4.78 is 6.77. The number of morpholine rings is 1. The summed E-state index contributed by atoms with van der Waals surface area (Å²) in [7, 11) is 0. The summed E-state index contributed by atoms with van der Waals surface area (Å²) in [6.07, 6.45) is 1.66. The Kier molecular flexibility index (Phi) is 6.32. The number of aromatic nitrogens is 4. The molecule has 0 aliphatic carbocycles. The largest absolute Gasteiger partial charge is 0.378 e. The number of halogens is 1. The van der Waals surface area contributed by atoms with E-state index in [1.165, 1.54) is 4.57 Å². The average molecular weight is 490 g/mol. The quantitative estimate of drug-likeness (QED) is 0.434. The first kappa shape index (κ1) is 23.1. The van der Waals surface area contributed by atoms with Crippen LogP contribution >= 0.6 is 11.6 Å². The zero-order valence-electron chi connectivity index (χ0n) is 19.5. The minimum Gasteiger partial charge on any atom is -0.378 e. The van der Waals surface area contributed by atoms with Crippen LogP contribution < -0.4 is 5.56 Å². The van der Waals surface area contributed by atoms with Crippen LogP contribution in [0.1, 0.15) is 11.5 Å². The second kappa shape index (κ2) is 9.56. The van der Waals surface area contributed by atoms with Crippen molar-refractivity contribution in [2.24, 2.45) is 0 Å². The number of hydrogen-bond donors (Lipinski definition) is 0. The van der Waals surface area contributed by atoms with Crippen LogP contribution in [0.5, 0.6) is 0 Å². The lowest BCUT2D eigenvalue weighted by Gasteiger charge is -2.27. The number of pyridine rings is 2. The highest BCUT2D eigenvalue weighted by Gasteiger charge is 2.21. The number of aryl methyl sites for hydroxylation is 2. The Morgan fingerprint density at radius 3 is 2.60 bits per heavy atom. The maximum atomic E-state index is 13.7. The highest BCUT2D eigenvalue weighted by molar-refractivity contribution is 6.33. The van der Waals surface area contributed by atoms with Gasteiger partial charge in [-0.15, -0.1) is 0 Å². The summed E-state index contributed by atoms with van der Waals surface area (Å²) in [5.41, 5.74) is 3.60. The second-order valence-corrected chi connectivity index (χ2v) is 8.90. The van der Waals surface area contributed by atoms with Gasteiger partial charge in [-0.2, -0.15) is 0 Å². The van der Waals surface area contributed by atoms with E-state index in [2.05, 4.69) is 15.0 Å². The molecule has 1 saturated heterocycles. The molecule has 4 aromatic rings. The van der Waals surface area contributed by atoms with E-state index < -0.39 is 0 Å². The number of hydrogen-bond acceptors (Lipinski definition) is 6. The van der Waals surface area contributed by atoms with Crippen LogP contribution in [0, 0.1) is 13.8 Å². The van der Waals surface area contributed by atoms with Crippen molar-refractivity contribution in [2.45, 2.75) is 20.4 Å². The summed E-state index contributed by atoms with van der Waals surface area (Å²) in [5.74, 6) is 0.363. The van der Waals surface area contributed by atoms with Gasteiger partial charge in [-0.3, -0.25) is 19.1 Å². The Balaban J connectivity index is 1.60. The zero-order chi connectivity index (χ0) is 24.5. The molecule has 3 aromatic heterocycles. The van der Waals surface area contributed by atoms with Crippen molar-refractivity contribution < 1.29 is 9.53 Å². The fraction of sp³-hybridized carbons (Fsp3) is 0.269. The van der Waals surface area contributed by atoms with Crippen molar-refractivity contribution in [3.05, 3.63) is 75.6 Å². The molecule has 5 rings (SSSR count). The molecule has 0 N–H and O–H groups in total. The van der Waals surface area contributed by atoms with Crippen LogP contribution in [0.2, 0.25) is 5.02 Å². The van der Waals surface area contributed by atoms with Crippen LogP contribution in [-0.4, -0.2) is 56.6 Å². The van der Waals surface area contributed by atoms with Crippen LogP contribution in [-0.2, 0) is 16.1 Å². The molecule has 178 valence electrons. The molecule has 1 aromatic carbocycles. The van der Waals surface area contributed by atoms with Gasteiger partial charge in [-0.1, -0.05) is 29.8 Å². The first-order chi connectivity index (χ1) is 16.9. The predicted molar refractivity (Wildman–Crippen MR) is 134 cm³/mol. The smallest absolute Gasteiger partial charge is 0.260 e.